The van der Waals surface area contributed by atoms with Gasteiger partial charge < -0.3 is 10.3 Å². The Balaban J connectivity index is 2.64. The van der Waals surface area contributed by atoms with Crippen molar-refractivity contribution in [3.63, 3.8) is 0 Å². The van der Waals surface area contributed by atoms with E-state index in [0.29, 0.717) is 22.8 Å². The molecule has 0 aliphatic rings. The van der Waals surface area contributed by atoms with E-state index in [2.05, 4.69) is 15.3 Å². The summed E-state index contributed by atoms with van der Waals surface area (Å²) < 4.78 is 0. The van der Waals surface area contributed by atoms with Crippen molar-refractivity contribution in [1.29, 1.82) is 0 Å². The van der Waals surface area contributed by atoms with Crippen LogP contribution in [-0.2, 0) is 5.88 Å². The zero-order chi connectivity index (χ0) is 10.8. The molecular formula is C10H10ClN3O. The van der Waals surface area contributed by atoms with Gasteiger partial charge >= 0.3 is 0 Å². The molecule has 78 valence electrons. The third kappa shape index (κ3) is 1.68. The van der Waals surface area contributed by atoms with Crippen LogP contribution in [0.25, 0.3) is 11.0 Å². The number of benzene rings is 1. The summed E-state index contributed by atoms with van der Waals surface area (Å²) >= 11 is 5.67. The highest BCUT2D eigenvalue weighted by atomic mass is 35.5. The summed E-state index contributed by atoms with van der Waals surface area (Å²) in [6.07, 6.45) is 0. The second kappa shape index (κ2) is 3.90. The van der Waals surface area contributed by atoms with Crippen LogP contribution in [0.2, 0.25) is 0 Å². The minimum absolute atomic E-state index is 0.145. The molecule has 0 radical (unpaired) electrons. The van der Waals surface area contributed by atoms with Crippen LogP contribution in [0.5, 0.6) is 0 Å². The molecule has 2 N–H and O–H groups in total. The third-order valence-corrected chi connectivity index (χ3v) is 2.41. The van der Waals surface area contributed by atoms with Crippen LogP contribution in [0.1, 0.15) is 16.2 Å². The maximum absolute atomic E-state index is 11.5. The molecule has 0 aliphatic heterocycles. The Morgan fingerprint density at radius 3 is 3.07 bits per heavy atom. The molecule has 0 atom stereocenters. The smallest absolute Gasteiger partial charge is 0.253 e. The van der Waals surface area contributed by atoms with E-state index in [9.17, 15) is 4.79 Å². The van der Waals surface area contributed by atoms with Crippen molar-refractivity contribution in [2.24, 2.45) is 0 Å². The number of halogens is 1. The number of hydrogen-bond acceptors (Lipinski definition) is 2. The van der Waals surface area contributed by atoms with Gasteiger partial charge in [-0.3, -0.25) is 4.79 Å². The summed E-state index contributed by atoms with van der Waals surface area (Å²) in [4.78, 5) is 18.8. The number of carbonyl (C=O) groups excluding carboxylic acids is 1. The van der Waals surface area contributed by atoms with Gasteiger partial charge in [-0.1, -0.05) is 6.07 Å². The van der Waals surface area contributed by atoms with Crippen LogP contribution in [0.15, 0.2) is 18.2 Å². The fraction of sp³-hybridized carbons (Fsp3) is 0.200. The van der Waals surface area contributed by atoms with Gasteiger partial charge in [0.1, 0.15) is 11.3 Å². The Labute approximate surface area is 91.7 Å². The van der Waals surface area contributed by atoms with E-state index in [1.54, 1.807) is 13.1 Å². The number of rotatable bonds is 2. The molecular weight excluding hydrogens is 214 g/mol. The van der Waals surface area contributed by atoms with Crippen molar-refractivity contribution in [3.05, 3.63) is 29.6 Å². The van der Waals surface area contributed by atoms with Gasteiger partial charge in [0.25, 0.3) is 5.91 Å². The van der Waals surface area contributed by atoms with Gasteiger partial charge in [0.15, 0.2) is 0 Å². The third-order valence-electron chi connectivity index (χ3n) is 2.16. The van der Waals surface area contributed by atoms with E-state index in [4.69, 9.17) is 11.6 Å². The van der Waals surface area contributed by atoms with Crippen molar-refractivity contribution in [2.45, 2.75) is 5.88 Å². The van der Waals surface area contributed by atoms with Gasteiger partial charge in [-0.2, -0.15) is 0 Å². The molecule has 0 fully saturated rings. The molecule has 0 saturated heterocycles. The van der Waals surface area contributed by atoms with E-state index >= 15 is 0 Å². The number of carbonyl (C=O) groups is 1. The number of aromatic amines is 1. The molecule has 0 saturated carbocycles. The molecule has 1 heterocycles. The summed E-state index contributed by atoms with van der Waals surface area (Å²) in [5, 5.41) is 2.57. The molecule has 0 spiro atoms. The first-order valence-electron chi connectivity index (χ1n) is 4.52. The highest BCUT2D eigenvalue weighted by Crippen LogP contribution is 2.17. The summed E-state index contributed by atoms with van der Waals surface area (Å²) in [5.41, 5.74) is 2.04. The van der Waals surface area contributed by atoms with E-state index < -0.39 is 0 Å². The molecule has 1 aromatic heterocycles. The number of amides is 1. The standard InChI is InChI=1S/C10H10ClN3O/c1-12-10(15)6-3-2-4-7-9(6)14-8(5-11)13-7/h2-4H,5H2,1H3,(H,12,15)(H,13,14). The quantitative estimate of drug-likeness (QED) is 0.761. The second-order valence-electron chi connectivity index (χ2n) is 3.10. The predicted octanol–water partition coefficient (Wildman–Crippen LogP) is 1.66. The normalized spacial score (nSPS) is 10.5. The summed E-state index contributed by atoms with van der Waals surface area (Å²) in [5.74, 6) is 0.832. The minimum Gasteiger partial charge on any atom is -0.355 e. The largest absolute Gasteiger partial charge is 0.355 e. The summed E-state index contributed by atoms with van der Waals surface area (Å²) in [6.45, 7) is 0. The van der Waals surface area contributed by atoms with Crippen molar-refractivity contribution < 1.29 is 4.79 Å². The number of alkyl halides is 1. The van der Waals surface area contributed by atoms with Crippen LogP contribution in [-0.4, -0.2) is 22.9 Å². The van der Waals surface area contributed by atoms with Crippen LogP contribution in [0, 0.1) is 0 Å². The lowest BCUT2D eigenvalue weighted by Gasteiger charge is -1.99. The van der Waals surface area contributed by atoms with Gasteiger partial charge in [0.05, 0.1) is 17.0 Å². The highest BCUT2D eigenvalue weighted by Gasteiger charge is 2.11. The topological polar surface area (TPSA) is 57.8 Å². The molecule has 1 aromatic carbocycles. The van der Waals surface area contributed by atoms with Gasteiger partial charge in [-0.15, -0.1) is 11.6 Å². The van der Waals surface area contributed by atoms with Crippen LogP contribution < -0.4 is 5.32 Å². The number of H-pyrrole nitrogens is 1. The fourth-order valence-electron chi connectivity index (χ4n) is 1.46. The fourth-order valence-corrected chi connectivity index (χ4v) is 1.59. The Morgan fingerprint density at radius 2 is 2.40 bits per heavy atom. The molecule has 0 aliphatic carbocycles. The second-order valence-corrected chi connectivity index (χ2v) is 3.37. The first kappa shape index (κ1) is 9.98. The van der Waals surface area contributed by atoms with Gasteiger partial charge in [-0.25, -0.2) is 4.98 Å². The molecule has 0 unspecified atom stereocenters. The van der Waals surface area contributed by atoms with Crippen LogP contribution in [0.4, 0.5) is 0 Å². The Bertz CT molecular complexity index is 506. The molecule has 0 bridgehead atoms. The number of para-hydroxylation sites is 1. The maximum atomic E-state index is 11.5. The minimum atomic E-state index is -0.145. The van der Waals surface area contributed by atoms with Gasteiger partial charge in [0.2, 0.25) is 0 Å². The zero-order valence-electron chi connectivity index (χ0n) is 8.17. The van der Waals surface area contributed by atoms with E-state index in [-0.39, 0.29) is 5.91 Å². The molecule has 15 heavy (non-hydrogen) atoms. The monoisotopic (exact) mass is 223 g/mol. The van der Waals surface area contributed by atoms with Crippen molar-refractivity contribution >= 4 is 28.5 Å². The number of imidazole rings is 1. The zero-order valence-corrected chi connectivity index (χ0v) is 8.93. The lowest BCUT2D eigenvalue weighted by atomic mass is 10.2. The predicted molar refractivity (Wildman–Crippen MR) is 59.0 cm³/mol. The highest BCUT2D eigenvalue weighted by molar-refractivity contribution is 6.17. The Kier molecular flexibility index (Phi) is 2.60. The van der Waals surface area contributed by atoms with E-state index in [1.807, 2.05) is 12.1 Å². The average Bonchev–Trinajstić information content (AvgIpc) is 2.70. The Hall–Kier alpha value is -1.55. The number of fused-ring (bicyclic) bond motifs is 1. The van der Waals surface area contributed by atoms with Gasteiger partial charge in [0, 0.05) is 7.05 Å². The van der Waals surface area contributed by atoms with Crippen LogP contribution >= 0.6 is 11.6 Å². The molecule has 2 rings (SSSR count). The summed E-state index contributed by atoms with van der Waals surface area (Å²) in [7, 11) is 1.59. The first-order valence-corrected chi connectivity index (χ1v) is 5.05. The SMILES string of the molecule is CNC(=O)c1cccc2[nH]c(CCl)nc12. The van der Waals surface area contributed by atoms with Crippen molar-refractivity contribution in [3.8, 4) is 0 Å². The average molecular weight is 224 g/mol. The molecule has 5 heteroatoms. The number of aromatic nitrogens is 2. The maximum Gasteiger partial charge on any atom is 0.253 e. The summed E-state index contributed by atoms with van der Waals surface area (Å²) in [6, 6.07) is 5.41. The van der Waals surface area contributed by atoms with Crippen molar-refractivity contribution in [1.82, 2.24) is 15.3 Å². The molecule has 1 amide bonds. The van der Waals surface area contributed by atoms with Crippen molar-refractivity contribution in [2.75, 3.05) is 7.05 Å². The van der Waals surface area contributed by atoms with E-state index in [1.165, 1.54) is 0 Å². The number of nitrogens with one attached hydrogen (secondary N) is 2. The number of nitrogens with zero attached hydrogens (tertiary/aromatic N) is 1. The van der Waals surface area contributed by atoms with Crippen LogP contribution in [0.3, 0.4) is 0 Å². The lowest BCUT2D eigenvalue weighted by molar-refractivity contribution is 0.0964. The Morgan fingerprint density at radius 1 is 1.60 bits per heavy atom. The van der Waals surface area contributed by atoms with E-state index in [0.717, 1.165) is 5.52 Å². The number of hydrogen-bond donors (Lipinski definition) is 2. The van der Waals surface area contributed by atoms with Gasteiger partial charge in [-0.05, 0) is 12.1 Å². The molecule has 2 aromatic rings. The molecule has 4 nitrogen and oxygen atoms in total. The lowest BCUT2D eigenvalue weighted by Crippen LogP contribution is -2.18. The first-order chi connectivity index (χ1) is 7.26.